The van der Waals surface area contributed by atoms with Crippen LogP contribution in [0.25, 0.3) is 0 Å². The second-order valence-corrected chi connectivity index (χ2v) is 8.41. The summed E-state index contributed by atoms with van der Waals surface area (Å²) in [6, 6.07) is 9.96. The lowest BCUT2D eigenvalue weighted by Crippen LogP contribution is -2.35. The van der Waals surface area contributed by atoms with Crippen LogP contribution in [0.15, 0.2) is 30.3 Å². The number of benzene rings is 1. The lowest BCUT2D eigenvalue weighted by Gasteiger charge is -2.27. The third kappa shape index (κ3) is 4.55. The lowest BCUT2D eigenvalue weighted by atomic mass is 9.81. The Bertz CT molecular complexity index is 626. The van der Waals surface area contributed by atoms with Gasteiger partial charge in [-0.25, -0.2) is 13.6 Å². The van der Waals surface area contributed by atoms with Crippen molar-refractivity contribution in [1.29, 1.82) is 0 Å². The third-order valence-corrected chi connectivity index (χ3v) is 5.19. The molecule has 1 aliphatic heterocycles. The molecule has 2 N–H and O–H groups in total. The van der Waals surface area contributed by atoms with E-state index in [4.69, 9.17) is 5.14 Å². The molecule has 6 heteroatoms. The number of hydrogen-bond acceptors (Lipinski definition) is 3. The Labute approximate surface area is 132 Å². The van der Waals surface area contributed by atoms with Crippen molar-refractivity contribution in [3.63, 3.8) is 0 Å². The zero-order chi connectivity index (χ0) is 16.4. The van der Waals surface area contributed by atoms with E-state index in [1.54, 1.807) is 4.90 Å². The molecule has 1 atom stereocenters. The first kappa shape index (κ1) is 17.0. The smallest absolute Gasteiger partial charge is 0.223 e. The summed E-state index contributed by atoms with van der Waals surface area (Å²) in [5, 5.41) is 5.08. The van der Waals surface area contributed by atoms with E-state index in [1.165, 1.54) is 0 Å². The summed E-state index contributed by atoms with van der Waals surface area (Å²) in [6.45, 7) is 5.21. The quantitative estimate of drug-likeness (QED) is 0.891. The van der Waals surface area contributed by atoms with Crippen molar-refractivity contribution in [2.45, 2.75) is 32.1 Å². The van der Waals surface area contributed by atoms with Crippen LogP contribution in [0.2, 0.25) is 0 Å². The summed E-state index contributed by atoms with van der Waals surface area (Å²) in [5.41, 5.74) is 0.889. The molecule has 1 saturated heterocycles. The van der Waals surface area contributed by atoms with E-state index < -0.39 is 10.0 Å². The van der Waals surface area contributed by atoms with E-state index in [0.29, 0.717) is 25.9 Å². The average molecular weight is 324 g/mol. The van der Waals surface area contributed by atoms with E-state index in [0.717, 1.165) is 5.56 Å². The molecule has 1 aromatic carbocycles. The molecule has 1 fully saturated rings. The molecule has 1 aromatic rings. The van der Waals surface area contributed by atoms with Crippen molar-refractivity contribution >= 4 is 15.9 Å². The second kappa shape index (κ2) is 6.38. The number of primary sulfonamides is 1. The maximum absolute atomic E-state index is 12.5. The second-order valence-electron chi connectivity index (χ2n) is 6.75. The molecular weight excluding hydrogens is 300 g/mol. The van der Waals surface area contributed by atoms with Crippen LogP contribution in [0, 0.1) is 5.92 Å². The van der Waals surface area contributed by atoms with Crippen LogP contribution in [0.4, 0.5) is 0 Å². The highest BCUT2D eigenvalue weighted by molar-refractivity contribution is 7.89. The first-order chi connectivity index (χ1) is 10.2. The fourth-order valence-corrected chi connectivity index (χ4v) is 3.93. The predicted octanol–water partition coefficient (Wildman–Crippen LogP) is 1.49. The Kier molecular flexibility index (Phi) is 4.92. The molecule has 5 nitrogen and oxygen atoms in total. The van der Waals surface area contributed by atoms with Gasteiger partial charge in [0, 0.05) is 19.5 Å². The first-order valence-electron chi connectivity index (χ1n) is 7.51. The molecule has 0 aromatic heterocycles. The Morgan fingerprint density at radius 1 is 1.32 bits per heavy atom. The largest absolute Gasteiger partial charge is 0.342 e. The predicted molar refractivity (Wildman–Crippen MR) is 86.7 cm³/mol. The number of amides is 1. The summed E-state index contributed by atoms with van der Waals surface area (Å²) in [4.78, 5) is 14.3. The minimum absolute atomic E-state index is 0.0428. The van der Waals surface area contributed by atoms with Gasteiger partial charge < -0.3 is 4.90 Å². The molecule has 0 aliphatic carbocycles. The SMILES string of the molecule is CC(C)(CC(=O)N1CC[C@@H](CS(N)(=O)=O)C1)c1ccccc1. The van der Waals surface area contributed by atoms with Gasteiger partial charge in [0.2, 0.25) is 15.9 Å². The van der Waals surface area contributed by atoms with Gasteiger partial charge in [-0.1, -0.05) is 44.2 Å². The fourth-order valence-electron chi connectivity index (χ4n) is 3.01. The van der Waals surface area contributed by atoms with Gasteiger partial charge >= 0.3 is 0 Å². The number of nitrogens with two attached hydrogens (primary N) is 1. The van der Waals surface area contributed by atoms with Crippen molar-refractivity contribution < 1.29 is 13.2 Å². The van der Waals surface area contributed by atoms with Crippen LogP contribution in [0.1, 0.15) is 32.3 Å². The van der Waals surface area contributed by atoms with Gasteiger partial charge in [0.05, 0.1) is 5.75 Å². The lowest BCUT2D eigenvalue weighted by molar-refractivity contribution is -0.131. The number of carbonyl (C=O) groups excluding carboxylic acids is 1. The van der Waals surface area contributed by atoms with Crippen molar-refractivity contribution in [3.8, 4) is 0 Å². The summed E-state index contributed by atoms with van der Waals surface area (Å²) < 4.78 is 22.3. The molecule has 0 radical (unpaired) electrons. The van der Waals surface area contributed by atoms with Crippen molar-refractivity contribution in [2.24, 2.45) is 11.1 Å². The molecule has 1 amide bonds. The minimum atomic E-state index is -3.47. The van der Waals surface area contributed by atoms with Gasteiger partial charge in [-0.2, -0.15) is 0 Å². The van der Waals surface area contributed by atoms with E-state index in [9.17, 15) is 13.2 Å². The van der Waals surface area contributed by atoms with Crippen molar-refractivity contribution in [2.75, 3.05) is 18.8 Å². The van der Waals surface area contributed by atoms with Crippen LogP contribution in [0.5, 0.6) is 0 Å². The summed E-state index contributed by atoms with van der Waals surface area (Å²) >= 11 is 0. The maximum Gasteiger partial charge on any atom is 0.223 e. The number of carbonyl (C=O) groups is 1. The Hall–Kier alpha value is -1.40. The Balaban J connectivity index is 1.96. The molecular formula is C16H24N2O3S. The van der Waals surface area contributed by atoms with Crippen LogP contribution in [0.3, 0.4) is 0 Å². The zero-order valence-corrected chi connectivity index (χ0v) is 14.0. The number of hydrogen-bond donors (Lipinski definition) is 1. The molecule has 1 heterocycles. The number of sulfonamides is 1. The van der Waals surface area contributed by atoms with Crippen LogP contribution in [-0.4, -0.2) is 38.1 Å². The van der Waals surface area contributed by atoms with Gasteiger partial charge in [-0.3, -0.25) is 4.79 Å². The normalized spacial score (nSPS) is 19.4. The summed E-state index contributed by atoms with van der Waals surface area (Å²) in [6.07, 6.45) is 1.12. The molecule has 0 spiro atoms. The molecule has 2 rings (SSSR count). The van der Waals surface area contributed by atoms with E-state index in [2.05, 4.69) is 13.8 Å². The molecule has 0 unspecified atom stereocenters. The first-order valence-corrected chi connectivity index (χ1v) is 9.23. The highest BCUT2D eigenvalue weighted by atomic mass is 32.2. The Morgan fingerprint density at radius 2 is 1.95 bits per heavy atom. The van der Waals surface area contributed by atoms with E-state index in [-0.39, 0.29) is 23.0 Å². The van der Waals surface area contributed by atoms with Crippen LogP contribution < -0.4 is 5.14 Å². The number of likely N-dealkylation sites (tertiary alicyclic amines) is 1. The summed E-state index contributed by atoms with van der Waals surface area (Å²) in [5.74, 6) is -0.0108. The van der Waals surface area contributed by atoms with Gasteiger partial charge in [0.1, 0.15) is 0 Å². The Morgan fingerprint density at radius 3 is 2.55 bits per heavy atom. The molecule has 122 valence electrons. The van der Waals surface area contributed by atoms with Crippen molar-refractivity contribution in [3.05, 3.63) is 35.9 Å². The molecule has 0 bridgehead atoms. The monoisotopic (exact) mass is 324 g/mol. The highest BCUT2D eigenvalue weighted by Crippen LogP contribution is 2.29. The van der Waals surface area contributed by atoms with Gasteiger partial charge in [-0.15, -0.1) is 0 Å². The molecule has 0 saturated carbocycles. The number of nitrogens with zero attached hydrogens (tertiary/aromatic N) is 1. The third-order valence-electron chi connectivity index (χ3n) is 4.25. The van der Waals surface area contributed by atoms with Gasteiger partial charge in [-0.05, 0) is 23.3 Å². The minimum Gasteiger partial charge on any atom is -0.342 e. The average Bonchev–Trinajstić information content (AvgIpc) is 2.85. The fraction of sp³-hybridized carbons (Fsp3) is 0.562. The van der Waals surface area contributed by atoms with Gasteiger partial charge in [0.15, 0.2) is 0 Å². The number of rotatable bonds is 5. The van der Waals surface area contributed by atoms with E-state index >= 15 is 0 Å². The van der Waals surface area contributed by atoms with Crippen molar-refractivity contribution in [1.82, 2.24) is 4.90 Å². The van der Waals surface area contributed by atoms with Crippen LogP contribution >= 0.6 is 0 Å². The summed E-state index contributed by atoms with van der Waals surface area (Å²) in [7, 11) is -3.47. The van der Waals surface area contributed by atoms with Gasteiger partial charge in [0.25, 0.3) is 0 Å². The van der Waals surface area contributed by atoms with E-state index in [1.807, 2.05) is 30.3 Å². The standard InChI is InChI=1S/C16H24N2O3S/c1-16(2,14-6-4-3-5-7-14)10-15(19)18-9-8-13(11-18)12-22(17,20)21/h3-7,13H,8-12H2,1-2H3,(H2,17,20,21)/t13-/m1/s1. The molecule has 1 aliphatic rings. The highest BCUT2D eigenvalue weighted by Gasteiger charge is 2.32. The zero-order valence-electron chi connectivity index (χ0n) is 13.2. The maximum atomic E-state index is 12.5. The molecule has 22 heavy (non-hydrogen) atoms. The topological polar surface area (TPSA) is 80.5 Å². The van der Waals surface area contributed by atoms with Crippen LogP contribution in [-0.2, 0) is 20.2 Å².